The van der Waals surface area contributed by atoms with Crippen molar-refractivity contribution in [2.24, 2.45) is 5.10 Å². The minimum absolute atomic E-state index is 0.170. The number of aromatic hydroxyl groups is 1. The number of aromatic amines is 1. The molecule has 3 rings (SSSR count). The third-order valence-electron chi connectivity index (χ3n) is 3.09. The maximum atomic E-state index is 12.0. The summed E-state index contributed by atoms with van der Waals surface area (Å²) in [6, 6.07) is 11.6. The normalized spacial score (nSPS) is 11.0. The van der Waals surface area contributed by atoms with Crippen molar-refractivity contribution in [1.82, 2.24) is 15.6 Å². The Kier molecular flexibility index (Phi) is 3.92. The van der Waals surface area contributed by atoms with Crippen LogP contribution in [-0.4, -0.2) is 27.4 Å². The molecule has 23 heavy (non-hydrogen) atoms. The highest BCUT2D eigenvalue weighted by atomic mass is 16.3. The first-order chi connectivity index (χ1) is 11.1. The molecule has 116 valence electrons. The van der Waals surface area contributed by atoms with Crippen LogP contribution in [-0.2, 0) is 0 Å². The van der Waals surface area contributed by atoms with E-state index in [-0.39, 0.29) is 11.4 Å². The summed E-state index contributed by atoms with van der Waals surface area (Å²) in [6.45, 7) is 1.84. The lowest BCUT2D eigenvalue weighted by atomic mass is 10.2. The average molecular weight is 310 g/mol. The average Bonchev–Trinajstić information content (AvgIpc) is 3.18. The molecule has 1 amide bonds. The largest absolute Gasteiger partial charge is 0.508 e. The molecule has 0 aliphatic heterocycles. The van der Waals surface area contributed by atoms with Crippen LogP contribution in [0.3, 0.4) is 0 Å². The van der Waals surface area contributed by atoms with E-state index in [1.807, 2.05) is 13.0 Å². The van der Waals surface area contributed by atoms with Gasteiger partial charge >= 0.3 is 0 Å². The molecule has 7 heteroatoms. The van der Waals surface area contributed by atoms with Crippen molar-refractivity contribution in [3.8, 4) is 17.2 Å². The lowest BCUT2D eigenvalue weighted by Crippen LogP contribution is -2.17. The quantitative estimate of drug-likeness (QED) is 0.508. The van der Waals surface area contributed by atoms with E-state index >= 15 is 0 Å². The molecular formula is C16H14N4O3. The van der Waals surface area contributed by atoms with Crippen LogP contribution in [0.4, 0.5) is 0 Å². The van der Waals surface area contributed by atoms with Crippen LogP contribution in [0.1, 0.15) is 21.8 Å². The fourth-order valence-electron chi connectivity index (χ4n) is 1.93. The van der Waals surface area contributed by atoms with Crippen molar-refractivity contribution in [3.05, 3.63) is 59.5 Å². The van der Waals surface area contributed by atoms with Gasteiger partial charge in [-0.05, 0) is 48.9 Å². The van der Waals surface area contributed by atoms with Crippen LogP contribution in [0.25, 0.3) is 11.5 Å². The number of carbonyl (C=O) groups is 1. The zero-order valence-corrected chi connectivity index (χ0v) is 12.3. The zero-order valence-electron chi connectivity index (χ0n) is 12.3. The second kappa shape index (κ2) is 6.18. The predicted molar refractivity (Wildman–Crippen MR) is 84.2 cm³/mol. The Morgan fingerprint density at radius 2 is 2.09 bits per heavy atom. The van der Waals surface area contributed by atoms with E-state index in [1.54, 1.807) is 24.3 Å². The van der Waals surface area contributed by atoms with Crippen molar-refractivity contribution in [2.75, 3.05) is 0 Å². The molecular weight excluding hydrogens is 296 g/mol. The Morgan fingerprint density at radius 3 is 2.78 bits per heavy atom. The Bertz CT molecular complexity index is 846. The highest BCUT2D eigenvalue weighted by Crippen LogP contribution is 2.20. The Hall–Kier alpha value is -3.35. The summed E-state index contributed by atoms with van der Waals surface area (Å²) in [7, 11) is 0. The molecule has 0 unspecified atom stereocenters. The van der Waals surface area contributed by atoms with Crippen molar-refractivity contribution >= 4 is 12.1 Å². The topological polar surface area (TPSA) is 104 Å². The van der Waals surface area contributed by atoms with Crippen LogP contribution in [0, 0.1) is 6.92 Å². The third kappa shape index (κ3) is 3.46. The van der Waals surface area contributed by atoms with Crippen LogP contribution in [0.15, 0.2) is 52.0 Å². The number of hydrogen-bond acceptors (Lipinski definition) is 5. The number of benzene rings is 1. The molecule has 0 aliphatic carbocycles. The standard InChI is InChI=1S/C16H14N4O3/c1-10-2-7-15(23-10)13-8-14(19-18-13)16(22)20-17-9-11-3-5-12(21)6-4-11/h2-9,21H,1H3,(H,18,19)(H,20,22). The van der Waals surface area contributed by atoms with Gasteiger partial charge in [-0.1, -0.05) is 0 Å². The van der Waals surface area contributed by atoms with E-state index in [0.29, 0.717) is 11.5 Å². The molecule has 0 saturated heterocycles. The predicted octanol–water partition coefficient (Wildman–Crippen LogP) is 2.45. The number of hydrazone groups is 1. The minimum Gasteiger partial charge on any atom is -0.508 e. The number of amides is 1. The van der Waals surface area contributed by atoms with E-state index in [4.69, 9.17) is 4.42 Å². The molecule has 3 N–H and O–H groups in total. The van der Waals surface area contributed by atoms with E-state index < -0.39 is 5.91 Å². The maximum Gasteiger partial charge on any atom is 0.291 e. The van der Waals surface area contributed by atoms with E-state index in [2.05, 4.69) is 20.7 Å². The summed E-state index contributed by atoms with van der Waals surface area (Å²) in [4.78, 5) is 12.0. The van der Waals surface area contributed by atoms with Gasteiger partial charge in [0.2, 0.25) is 0 Å². The van der Waals surface area contributed by atoms with Gasteiger partial charge in [0.05, 0.1) is 6.21 Å². The van der Waals surface area contributed by atoms with Gasteiger partial charge in [-0.15, -0.1) is 0 Å². The van der Waals surface area contributed by atoms with Gasteiger partial charge in [-0.2, -0.15) is 10.2 Å². The SMILES string of the molecule is Cc1ccc(-c2cc(C(=O)NN=Cc3ccc(O)cc3)n[nH]2)o1. The monoisotopic (exact) mass is 310 g/mol. The van der Waals surface area contributed by atoms with E-state index in [9.17, 15) is 9.90 Å². The van der Waals surface area contributed by atoms with Gasteiger partial charge in [0.15, 0.2) is 11.5 Å². The van der Waals surface area contributed by atoms with Gasteiger partial charge in [0.1, 0.15) is 17.2 Å². The molecule has 2 aromatic heterocycles. The highest BCUT2D eigenvalue weighted by Gasteiger charge is 2.12. The Morgan fingerprint density at radius 1 is 1.30 bits per heavy atom. The van der Waals surface area contributed by atoms with Crippen molar-refractivity contribution in [1.29, 1.82) is 0 Å². The van der Waals surface area contributed by atoms with Gasteiger partial charge in [-0.25, -0.2) is 5.43 Å². The molecule has 3 aromatic rings. The first-order valence-electron chi connectivity index (χ1n) is 6.86. The first kappa shape index (κ1) is 14.6. The number of nitrogens with zero attached hydrogens (tertiary/aromatic N) is 2. The van der Waals surface area contributed by atoms with Gasteiger partial charge in [-0.3, -0.25) is 9.89 Å². The molecule has 2 heterocycles. The number of rotatable bonds is 4. The first-order valence-corrected chi connectivity index (χ1v) is 6.86. The van der Waals surface area contributed by atoms with Crippen molar-refractivity contribution < 1.29 is 14.3 Å². The maximum absolute atomic E-state index is 12.0. The molecule has 0 saturated carbocycles. The van der Waals surface area contributed by atoms with Crippen molar-refractivity contribution in [2.45, 2.75) is 6.92 Å². The summed E-state index contributed by atoms with van der Waals surface area (Å²) in [6.07, 6.45) is 1.47. The zero-order chi connectivity index (χ0) is 16.2. The fraction of sp³-hybridized carbons (Fsp3) is 0.0625. The number of phenolic OH excluding ortho intramolecular Hbond substituents is 1. The molecule has 0 spiro atoms. The second-order valence-corrected chi connectivity index (χ2v) is 4.87. The van der Waals surface area contributed by atoms with E-state index in [1.165, 1.54) is 18.3 Å². The summed E-state index contributed by atoms with van der Waals surface area (Å²) in [5.41, 5.74) is 3.96. The van der Waals surface area contributed by atoms with Crippen molar-refractivity contribution in [3.63, 3.8) is 0 Å². The summed E-state index contributed by atoms with van der Waals surface area (Å²) in [5.74, 6) is 1.12. The lowest BCUT2D eigenvalue weighted by Gasteiger charge is -1.95. The number of nitrogens with one attached hydrogen (secondary N) is 2. The molecule has 1 aromatic carbocycles. The Balaban J connectivity index is 1.64. The smallest absolute Gasteiger partial charge is 0.291 e. The van der Waals surface area contributed by atoms with Crippen LogP contribution < -0.4 is 5.43 Å². The molecule has 7 nitrogen and oxygen atoms in total. The van der Waals surface area contributed by atoms with Crippen LogP contribution >= 0.6 is 0 Å². The molecule has 0 atom stereocenters. The van der Waals surface area contributed by atoms with Gasteiger partial charge < -0.3 is 9.52 Å². The number of aromatic nitrogens is 2. The Labute approximate surface area is 131 Å². The molecule has 0 bridgehead atoms. The number of phenols is 1. The van der Waals surface area contributed by atoms with Gasteiger partial charge in [0, 0.05) is 6.07 Å². The minimum atomic E-state index is -0.439. The fourth-order valence-corrected chi connectivity index (χ4v) is 1.93. The summed E-state index contributed by atoms with van der Waals surface area (Å²) in [5, 5.41) is 19.7. The summed E-state index contributed by atoms with van der Waals surface area (Å²) >= 11 is 0. The third-order valence-corrected chi connectivity index (χ3v) is 3.09. The number of carbonyl (C=O) groups excluding carboxylic acids is 1. The number of hydrogen-bond donors (Lipinski definition) is 3. The van der Waals surface area contributed by atoms with E-state index in [0.717, 1.165) is 11.3 Å². The molecule has 0 aliphatic rings. The summed E-state index contributed by atoms with van der Waals surface area (Å²) < 4.78 is 5.46. The highest BCUT2D eigenvalue weighted by molar-refractivity contribution is 5.94. The van der Waals surface area contributed by atoms with Crippen LogP contribution in [0.2, 0.25) is 0 Å². The molecule has 0 fully saturated rings. The molecule has 0 radical (unpaired) electrons. The second-order valence-electron chi connectivity index (χ2n) is 4.87. The number of H-pyrrole nitrogens is 1. The van der Waals surface area contributed by atoms with Crippen LogP contribution in [0.5, 0.6) is 5.75 Å². The number of aryl methyl sites for hydroxylation is 1. The lowest BCUT2D eigenvalue weighted by molar-refractivity contribution is 0.0950. The van der Waals surface area contributed by atoms with Gasteiger partial charge in [0.25, 0.3) is 5.91 Å². The number of furan rings is 1.